The fourth-order valence-electron chi connectivity index (χ4n) is 2.13. The van der Waals surface area contributed by atoms with E-state index in [1.165, 1.54) is 16.7 Å². The molecule has 1 amide bonds. The topological polar surface area (TPSA) is 37.4 Å². The standard InChI is InChI=1S/C17H10BrNO2S2/c18-13-3-1-2-4-14(13)19-16(21)15(23-17(19)22)9-11-5-7-12(10-20)8-6-11/h1-10H/b15-9+. The zero-order valence-electron chi connectivity index (χ0n) is 11.7. The van der Waals surface area contributed by atoms with Gasteiger partial charge in [-0.1, -0.05) is 60.4 Å². The van der Waals surface area contributed by atoms with Crippen LogP contribution < -0.4 is 4.90 Å². The molecule has 2 aromatic carbocycles. The minimum Gasteiger partial charge on any atom is -0.298 e. The molecule has 1 heterocycles. The molecule has 114 valence electrons. The number of aldehydes is 1. The molecule has 1 saturated heterocycles. The summed E-state index contributed by atoms with van der Waals surface area (Å²) in [5.41, 5.74) is 2.18. The molecular weight excluding hydrogens is 394 g/mol. The minimum absolute atomic E-state index is 0.147. The summed E-state index contributed by atoms with van der Waals surface area (Å²) >= 11 is 10.1. The van der Waals surface area contributed by atoms with E-state index in [4.69, 9.17) is 12.2 Å². The van der Waals surface area contributed by atoms with Gasteiger partial charge in [-0.05, 0) is 39.7 Å². The molecule has 0 N–H and O–H groups in total. The van der Waals surface area contributed by atoms with E-state index in [0.717, 1.165) is 22.0 Å². The van der Waals surface area contributed by atoms with Gasteiger partial charge in [0.2, 0.25) is 0 Å². The molecule has 0 spiro atoms. The first-order chi connectivity index (χ1) is 11.1. The second-order valence-corrected chi connectivity index (χ2v) is 7.28. The Morgan fingerprint density at radius 2 is 1.70 bits per heavy atom. The van der Waals surface area contributed by atoms with Crippen molar-refractivity contribution in [2.45, 2.75) is 0 Å². The maximum absolute atomic E-state index is 12.7. The average Bonchev–Trinajstić information content (AvgIpc) is 2.83. The van der Waals surface area contributed by atoms with Gasteiger partial charge in [0, 0.05) is 10.0 Å². The Hall–Kier alpha value is -1.76. The van der Waals surface area contributed by atoms with Crippen LogP contribution in [0.1, 0.15) is 15.9 Å². The number of rotatable bonds is 3. The lowest BCUT2D eigenvalue weighted by molar-refractivity contribution is -0.113. The molecule has 0 unspecified atom stereocenters. The fraction of sp³-hybridized carbons (Fsp3) is 0. The van der Waals surface area contributed by atoms with Crippen LogP contribution in [0.2, 0.25) is 0 Å². The Balaban J connectivity index is 1.93. The molecule has 1 aliphatic heterocycles. The van der Waals surface area contributed by atoms with Crippen molar-refractivity contribution in [3.8, 4) is 0 Å². The van der Waals surface area contributed by atoms with Crippen LogP contribution in [-0.2, 0) is 4.79 Å². The van der Waals surface area contributed by atoms with E-state index >= 15 is 0 Å². The van der Waals surface area contributed by atoms with Crippen molar-refractivity contribution in [3.63, 3.8) is 0 Å². The van der Waals surface area contributed by atoms with Crippen molar-refractivity contribution in [1.29, 1.82) is 0 Å². The highest BCUT2D eigenvalue weighted by molar-refractivity contribution is 9.10. The van der Waals surface area contributed by atoms with Crippen molar-refractivity contribution < 1.29 is 9.59 Å². The van der Waals surface area contributed by atoms with Crippen molar-refractivity contribution in [1.82, 2.24) is 0 Å². The van der Waals surface area contributed by atoms with Gasteiger partial charge in [0.1, 0.15) is 6.29 Å². The Morgan fingerprint density at radius 3 is 2.35 bits per heavy atom. The number of hydrogen-bond acceptors (Lipinski definition) is 4. The lowest BCUT2D eigenvalue weighted by atomic mass is 10.1. The third-order valence-electron chi connectivity index (χ3n) is 3.26. The first-order valence-corrected chi connectivity index (χ1v) is 8.69. The molecule has 1 aliphatic rings. The lowest BCUT2D eigenvalue weighted by Crippen LogP contribution is -2.27. The van der Waals surface area contributed by atoms with E-state index in [-0.39, 0.29) is 5.91 Å². The molecule has 0 aliphatic carbocycles. The minimum atomic E-state index is -0.147. The molecule has 2 aromatic rings. The molecule has 0 aromatic heterocycles. The largest absolute Gasteiger partial charge is 0.298 e. The summed E-state index contributed by atoms with van der Waals surface area (Å²) < 4.78 is 1.31. The molecule has 3 rings (SSSR count). The first-order valence-electron chi connectivity index (χ1n) is 6.68. The number of nitrogens with zero attached hydrogens (tertiary/aromatic N) is 1. The molecular formula is C17H10BrNO2S2. The van der Waals surface area contributed by atoms with Gasteiger partial charge in [-0.2, -0.15) is 0 Å². The average molecular weight is 404 g/mol. The second-order valence-electron chi connectivity index (χ2n) is 4.75. The van der Waals surface area contributed by atoms with Crippen molar-refractivity contribution >= 4 is 68.2 Å². The van der Waals surface area contributed by atoms with Crippen molar-refractivity contribution in [3.05, 3.63) is 69.0 Å². The van der Waals surface area contributed by atoms with Gasteiger partial charge < -0.3 is 0 Å². The van der Waals surface area contributed by atoms with Gasteiger partial charge in [0.05, 0.1) is 10.6 Å². The number of carbonyl (C=O) groups is 2. The summed E-state index contributed by atoms with van der Waals surface area (Å²) in [4.78, 5) is 25.4. The van der Waals surface area contributed by atoms with Crippen LogP contribution in [0.5, 0.6) is 0 Å². The molecule has 3 nitrogen and oxygen atoms in total. The summed E-state index contributed by atoms with van der Waals surface area (Å²) in [5.74, 6) is -0.147. The highest BCUT2D eigenvalue weighted by Crippen LogP contribution is 2.38. The van der Waals surface area contributed by atoms with Crippen LogP contribution in [0.3, 0.4) is 0 Å². The normalized spacial score (nSPS) is 16.2. The van der Waals surface area contributed by atoms with E-state index in [1.54, 1.807) is 30.3 Å². The predicted molar refractivity (Wildman–Crippen MR) is 102 cm³/mol. The van der Waals surface area contributed by atoms with Crippen molar-refractivity contribution in [2.24, 2.45) is 0 Å². The smallest absolute Gasteiger partial charge is 0.270 e. The van der Waals surface area contributed by atoms with Crippen LogP contribution in [-0.4, -0.2) is 16.5 Å². The Labute approximate surface area is 151 Å². The van der Waals surface area contributed by atoms with Crippen LogP contribution in [0.25, 0.3) is 6.08 Å². The van der Waals surface area contributed by atoms with E-state index in [1.807, 2.05) is 24.3 Å². The predicted octanol–water partition coefficient (Wildman–Crippen LogP) is 4.67. The zero-order valence-corrected chi connectivity index (χ0v) is 15.0. The monoisotopic (exact) mass is 403 g/mol. The number of para-hydroxylation sites is 1. The number of hydrogen-bond donors (Lipinski definition) is 0. The Morgan fingerprint density at radius 1 is 1.04 bits per heavy atom. The Kier molecular flexibility index (Phi) is 4.75. The summed E-state index contributed by atoms with van der Waals surface area (Å²) in [7, 11) is 0. The number of amides is 1. The highest BCUT2D eigenvalue weighted by atomic mass is 79.9. The maximum atomic E-state index is 12.7. The third kappa shape index (κ3) is 3.29. The maximum Gasteiger partial charge on any atom is 0.270 e. The van der Waals surface area contributed by atoms with Crippen LogP contribution in [0, 0.1) is 0 Å². The molecule has 1 fully saturated rings. The lowest BCUT2D eigenvalue weighted by Gasteiger charge is -2.15. The number of thioether (sulfide) groups is 1. The highest BCUT2D eigenvalue weighted by Gasteiger charge is 2.34. The molecule has 23 heavy (non-hydrogen) atoms. The van der Waals surface area contributed by atoms with Gasteiger partial charge in [0.15, 0.2) is 4.32 Å². The van der Waals surface area contributed by atoms with Gasteiger partial charge in [-0.3, -0.25) is 14.5 Å². The molecule has 0 atom stereocenters. The van der Waals surface area contributed by atoms with E-state index in [9.17, 15) is 9.59 Å². The number of carbonyl (C=O) groups excluding carboxylic acids is 2. The van der Waals surface area contributed by atoms with Crippen molar-refractivity contribution in [2.75, 3.05) is 4.90 Å². The SMILES string of the molecule is O=Cc1ccc(/C=C2/SC(=S)N(c3ccccc3Br)C2=O)cc1. The van der Waals surface area contributed by atoms with Crippen LogP contribution in [0.4, 0.5) is 5.69 Å². The van der Waals surface area contributed by atoms with Crippen LogP contribution >= 0.6 is 39.9 Å². The molecule has 0 saturated carbocycles. The summed E-state index contributed by atoms with van der Waals surface area (Å²) in [5, 5.41) is 0. The van der Waals surface area contributed by atoms with E-state index in [0.29, 0.717) is 14.8 Å². The molecule has 0 radical (unpaired) electrons. The van der Waals surface area contributed by atoms with Gasteiger partial charge in [-0.25, -0.2) is 0 Å². The van der Waals surface area contributed by atoms with Gasteiger partial charge in [-0.15, -0.1) is 0 Å². The number of benzene rings is 2. The number of halogens is 1. The fourth-order valence-corrected chi connectivity index (χ4v) is 3.88. The third-order valence-corrected chi connectivity index (χ3v) is 5.23. The molecule has 0 bridgehead atoms. The summed E-state index contributed by atoms with van der Waals surface area (Å²) in [6.07, 6.45) is 2.57. The second kappa shape index (κ2) is 6.78. The summed E-state index contributed by atoms with van der Waals surface area (Å²) in [6, 6.07) is 14.5. The quantitative estimate of drug-likeness (QED) is 0.424. The number of anilines is 1. The zero-order chi connectivity index (χ0) is 16.4. The molecule has 6 heteroatoms. The Bertz CT molecular complexity index is 831. The van der Waals surface area contributed by atoms with Gasteiger partial charge in [0.25, 0.3) is 5.91 Å². The van der Waals surface area contributed by atoms with Crippen LogP contribution in [0.15, 0.2) is 57.9 Å². The van der Waals surface area contributed by atoms with E-state index < -0.39 is 0 Å². The first kappa shape index (κ1) is 16.1. The van der Waals surface area contributed by atoms with Gasteiger partial charge >= 0.3 is 0 Å². The summed E-state index contributed by atoms with van der Waals surface area (Å²) in [6.45, 7) is 0. The van der Waals surface area contributed by atoms with E-state index in [2.05, 4.69) is 15.9 Å². The number of thiocarbonyl (C=S) groups is 1.